The van der Waals surface area contributed by atoms with Crippen LogP contribution >= 0.6 is 0 Å². The predicted octanol–water partition coefficient (Wildman–Crippen LogP) is -1.37. The number of hydrogen-bond donors (Lipinski definition) is 4. The van der Waals surface area contributed by atoms with Gasteiger partial charge in [0.1, 0.15) is 18.3 Å². The van der Waals surface area contributed by atoms with E-state index in [-0.39, 0.29) is 5.43 Å². The zero-order chi connectivity index (χ0) is 18.3. The van der Waals surface area contributed by atoms with Crippen molar-refractivity contribution in [3.05, 3.63) is 46.2 Å². The number of aliphatic carboxylic acids is 1. The Labute approximate surface area is 141 Å². The monoisotopic (exact) mass is 351 g/mol. The number of rotatable bonds is 3. The van der Waals surface area contributed by atoms with Gasteiger partial charge < -0.3 is 30.0 Å². The van der Waals surface area contributed by atoms with Crippen LogP contribution in [0, 0.1) is 6.92 Å². The second-order valence-electron chi connectivity index (χ2n) is 5.80. The molecule has 9 heteroatoms. The second kappa shape index (κ2) is 6.45. The van der Waals surface area contributed by atoms with Crippen LogP contribution in [0.15, 0.2) is 35.1 Å². The summed E-state index contributed by atoms with van der Waals surface area (Å²) < 4.78 is 6.32. The van der Waals surface area contributed by atoms with Crippen LogP contribution in [0.4, 0.5) is 0 Å². The Morgan fingerprint density at radius 1 is 1.16 bits per heavy atom. The third kappa shape index (κ3) is 2.98. The van der Waals surface area contributed by atoms with E-state index >= 15 is 0 Å². The quantitative estimate of drug-likeness (QED) is 0.531. The summed E-state index contributed by atoms with van der Waals surface area (Å²) in [7, 11) is 0. The van der Waals surface area contributed by atoms with Crippen molar-refractivity contribution >= 4 is 16.9 Å². The lowest BCUT2D eigenvalue weighted by molar-refractivity contribution is -0.292. The van der Waals surface area contributed by atoms with E-state index in [9.17, 15) is 24.9 Å². The van der Waals surface area contributed by atoms with Crippen LogP contribution in [0.25, 0.3) is 10.9 Å². The third-order valence-electron chi connectivity index (χ3n) is 4.07. The van der Waals surface area contributed by atoms with Gasteiger partial charge in [0.25, 0.3) is 6.29 Å². The van der Waals surface area contributed by atoms with E-state index in [0.29, 0.717) is 16.6 Å². The molecule has 9 nitrogen and oxygen atoms in total. The van der Waals surface area contributed by atoms with Gasteiger partial charge in [0.2, 0.25) is 0 Å². The summed E-state index contributed by atoms with van der Waals surface area (Å²) >= 11 is 0. The average Bonchev–Trinajstić information content (AvgIpc) is 2.58. The lowest BCUT2D eigenvalue weighted by Crippen LogP contribution is -2.62. The first kappa shape index (κ1) is 17.4. The van der Waals surface area contributed by atoms with Crippen molar-refractivity contribution in [1.82, 2.24) is 4.73 Å². The summed E-state index contributed by atoms with van der Waals surface area (Å²) in [5, 5.41) is 39.1. The number of aryl methyl sites for hydroxylation is 1. The maximum atomic E-state index is 12.0. The van der Waals surface area contributed by atoms with E-state index in [1.165, 1.54) is 10.8 Å². The summed E-state index contributed by atoms with van der Waals surface area (Å²) in [6, 6.07) is 7.87. The third-order valence-corrected chi connectivity index (χ3v) is 4.07. The molecule has 0 aliphatic carbocycles. The van der Waals surface area contributed by atoms with Crippen LogP contribution < -0.4 is 10.3 Å². The van der Waals surface area contributed by atoms with Gasteiger partial charge >= 0.3 is 5.97 Å². The van der Waals surface area contributed by atoms with E-state index in [0.717, 1.165) is 0 Å². The van der Waals surface area contributed by atoms with Crippen molar-refractivity contribution < 1.29 is 34.8 Å². The highest BCUT2D eigenvalue weighted by atomic mass is 16.8. The van der Waals surface area contributed by atoms with Gasteiger partial charge in [0.15, 0.2) is 11.5 Å². The highest BCUT2D eigenvalue weighted by molar-refractivity contribution is 5.78. The second-order valence-corrected chi connectivity index (χ2v) is 5.80. The summed E-state index contributed by atoms with van der Waals surface area (Å²) in [6.07, 6.45) is -8.60. The van der Waals surface area contributed by atoms with Gasteiger partial charge in [0.05, 0.1) is 11.2 Å². The molecule has 134 valence electrons. The number of carbonyl (C=O) groups is 1. The van der Waals surface area contributed by atoms with E-state index in [2.05, 4.69) is 0 Å². The van der Waals surface area contributed by atoms with Crippen molar-refractivity contribution in [2.24, 2.45) is 0 Å². The van der Waals surface area contributed by atoms with Crippen molar-refractivity contribution in [3.63, 3.8) is 0 Å². The number of carboxylic acids is 1. The zero-order valence-corrected chi connectivity index (χ0v) is 13.1. The molecule has 1 saturated heterocycles. The summed E-state index contributed by atoms with van der Waals surface area (Å²) in [5.74, 6) is -1.51. The molecule has 4 N–H and O–H groups in total. The first-order valence-electron chi connectivity index (χ1n) is 7.52. The largest absolute Gasteiger partial charge is 0.479 e. The molecule has 0 radical (unpaired) electrons. The molecule has 0 saturated carbocycles. The topological polar surface area (TPSA) is 138 Å². The number of benzene rings is 1. The lowest BCUT2D eigenvalue weighted by Gasteiger charge is -2.38. The molecular weight excluding hydrogens is 334 g/mol. The number of para-hydroxylation sites is 1. The minimum atomic E-state index is -1.81. The number of pyridine rings is 1. The van der Waals surface area contributed by atoms with Crippen molar-refractivity contribution in [2.45, 2.75) is 37.6 Å². The van der Waals surface area contributed by atoms with Crippen LogP contribution in [0.2, 0.25) is 0 Å². The van der Waals surface area contributed by atoms with Gasteiger partial charge in [-0.2, -0.15) is 4.73 Å². The molecule has 1 aromatic heterocycles. The molecule has 25 heavy (non-hydrogen) atoms. The minimum Gasteiger partial charge on any atom is -0.479 e. The number of aromatic nitrogens is 1. The van der Waals surface area contributed by atoms with Crippen LogP contribution in [-0.4, -0.2) is 61.8 Å². The van der Waals surface area contributed by atoms with Crippen LogP contribution in [0.5, 0.6) is 0 Å². The summed E-state index contributed by atoms with van der Waals surface area (Å²) in [6.45, 7) is 1.59. The van der Waals surface area contributed by atoms with Crippen molar-refractivity contribution in [1.29, 1.82) is 0 Å². The van der Waals surface area contributed by atoms with Gasteiger partial charge in [-0.05, 0) is 19.1 Å². The number of nitrogens with zero attached hydrogens (tertiary/aromatic N) is 1. The number of aliphatic hydroxyl groups is 3. The van der Waals surface area contributed by atoms with Gasteiger partial charge in [-0.15, -0.1) is 0 Å². The summed E-state index contributed by atoms with van der Waals surface area (Å²) in [5.41, 5.74) is 0.541. The predicted molar refractivity (Wildman–Crippen MR) is 83.8 cm³/mol. The van der Waals surface area contributed by atoms with Gasteiger partial charge in [0, 0.05) is 11.5 Å². The van der Waals surface area contributed by atoms with Crippen LogP contribution in [0.1, 0.15) is 5.69 Å². The Bertz CT molecular complexity index is 863. The Balaban J connectivity index is 2.00. The molecule has 2 unspecified atom stereocenters. The smallest absolute Gasteiger partial charge is 0.335 e. The molecule has 0 amide bonds. The fourth-order valence-electron chi connectivity index (χ4n) is 2.76. The number of carboxylic acid groups (broad SMARTS) is 1. The molecule has 0 spiro atoms. The SMILES string of the molecule is Cc1cc(=O)c2ccccc2n1O[C@H]1OC(C(=O)O)[C@@H](O)[C@H](O)C1O. The maximum absolute atomic E-state index is 12.0. The van der Waals surface area contributed by atoms with Crippen LogP contribution in [0.3, 0.4) is 0 Å². The van der Waals surface area contributed by atoms with E-state index in [1.54, 1.807) is 31.2 Å². The highest BCUT2D eigenvalue weighted by Gasteiger charge is 2.48. The minimum absolute atomic E-state index is 0.225. The molecule has 3 rings (SSSR count). The van der Waals surface area contributed by atoms with Crippen LogP contribution in [-0.2, 0) is 9.53 Å². The number of ether oxygens (including phenoxy) is 1. The first-order valence-corrected chi connectivity index (χ1v) is 7.52. The standard InChI is InChI=1S/C16H17NO8/c1-7-6-10(18)8-4-2-3-5-9(8)17(7)25-16-13(21)11(19)12(20)14(24-16)15(22)23/h2-6,11-14,16,19-21H,1H3,(H,22,23)/t11-,12-,13?,14?,16+/m0/s1. The Hall–Kier alpha value is -2.46. The van der Waals surface area contributed by atoms with E-state index in [1.807, 2.05) is 0 Å². The Morgan fingerprint density at radius 2 is 1.84 bits per heavy atom. The van der Waals surface area contributed by atoms with Crippen molar-refractivity contribution in [3.8, 4) is 0 Å². The van der Waals surface area contributed by atoms with Crippen molar-refractivity contribution in [2.75, 3.05) is 0 Å². The molecule has 1 aliphatic heterocycles. The molecule has 1 fully saturated rings. The summed E-state index contributed by atoms with van der Waals surface area (Å²) in [4.78, 5) is 28.7. The molecular formula is C16H17NO8. The molecule has 1 aromatic carbocycles. The zero-order valence-electron chi connectivity index (χ0n) is 13.1. The average molecular weight is 351 g/mol. The molecule has 2 heterocycles. The maximum Gasteiger partial charge on any atom is 0.335 e. The van der Waals surface area contributed by atoms with E-state index < -0.39 is 36.7 Å². The molecule has 1 aliphatic rings. The fraction of sp³-hybridized carbons (Fsp3) is 0.375. The molecule has 2 aromatic rings. The van der Waals surface area contributed by atoms with Gasteiger partial charge in [-0.25, -0.2) is 4.79 Å². The Kier molecular flexibility index (Phi) is 4.48. The number of aliphatic hydroxyl groups excluding tert-OH is 3. The Morgan fingerprint density at radius 3 is 2.52 bits per heavy atom. The van der Waals surface area contributed by atoms with Gasteiger partial charge in [-0.3, -0.25) is 4.79 Å². The number of fused-ring (bicyclic) bond motifs is 1. The highest BCUT2D eigenvalue weighted by Crippen LogP contribution is 2.22. The van der Waals surface area contributed by atoms with Gasteiger partial charge in [-0.1, -0.05) is 12.1 Å². The lowest BCUT2D eigenvalue weighted by atomic mass is 9.99. The molecule has 0 bridgehead atoms. The molecule has 5 atom stereocenters. The normalized spacial score (nSPS) is 29.5. The number of hydrogen-bond acceptors (Lipinski definition) is 7. The first-order chi connectivity index (χ1) is 11.8. The van der Waals surface area contributed by atoms with E-state index in [4.69, 9.17) is 14.7 Å². The fourth-order valence-corrected chi connectivity index (χ4v) is 2.76.